The normalized spacial score (nSPS) is 18.1. The van der Waals surface area contributed by atoms with E-state index >= 15 is 0 Å². The van der Waals surface area contributed by atoms with E-state index in [0.717, 1.165) is 19.4 Å². The number of carbonyl (C=O) groups is 2. The lowest BCUT2D eigenvalue weighted by Gasteiger charge is -2.02. The Hall–Kier alpha value is -2.00. The Balaban J connectivity index is 1.73. The molecule has 9 heteroatoms. The van der Waals surface area contributed by atoms with Crippen LogP contribution in [-0.2, 0) is 9.53 Å². The van der Waals surface area contributed by atoms with Gasteiger partial charge in [-0.25, -0.2) is 4.79 Å². The Labute approximate surface area is 114 Å². The lowest BCUT2D eigenvalue weighted by Crippen LogP contribution is -2.28. The summed E-state index contributed by atoms with van der Waals surface area (Å²) in [5.41, 5.74) is 0. The number of nitrogens with zero attached hydrogens (tertiary/aromatic N) is 2. The van der Waals surface area contributed by atoms with Crippen LogP contribution in [0.5, 0.6) is 0 Å². The second kappa shape index (κ2) is 6.96. The average molecular weight is 284 g/mol. The van der Waals surface area contributed by atoms with Gasteiger partial charge in [0.25, 0.3) is 11.7 Å². The van der Waals surface area contributed by atoms with E-state index in [2.05, 4.69) is 20.8 Å². The monoisotopic (exact) mass is 284 g/mol. The van der Waals surface area contributed by atoms with Crippen LogP contribution in [0.25, 0.3) is 0 Å². The Bertz CT molecular complexity index is 469. The topological polar surface area (TPSA) is 127 Å². The summed E-state index contributed by atoms with van der Waals surface area (Å²) in [5.74, 6) is -1.15. The largest absolute Gasteiger partial charge is 0.480 e. The number of carbonyl (C=O) groups excluding carboxylic acids is 1. The number of hydrogen-bond donors (Lipinski definition) is 3. The van der Waals surface area contributed by atoms with Crippen molar-refractivity contribution in [3.05, 3.63) is 11.7 Å². The van der Waals surface area contributed by atoms with Crippen LogP contribution in [0.15, 0.2) is 4.52 Å². The van der Waals surface area contributed by atoms with Gasteiger partial charge in [0.05, 0.1) is 12.6 Å². The molecule has 0 radical (unpaired) electrons. The summed E-state index contributed by atoms with van der Waals surface area (Å²) >= 11 is 0. The van der Waals surface area contributed by atoms with Gasteiger partial charge < -0.3 is 25.0 Å². The maximum absolute atomic E-state index is 11.7. The molecule has 1 unspecified atom stereocenters. The third-order valence-corrected chi connectivity index (χ3v) is 2.76. The van der Waals surface area contributed by atoms with Crippen LogP contribution < -0.4 is 10.6 Å². The van der Waals surface area contributed by atoms with Gasteiger partial charge >= 0.3 is 5.97 Å². The molecule has 0 saturated carbocycles. The number of carboxylic acid groups (broad SMARTS) is 1. The minimum atomic E-state index is -1.05. The number of carboxylic acids is 1. The van der Waals surface area contributed by atoms with Crippen molar-refractivity contribution in [3.8, 4) is 0 Å². The van der Waals surface area contributed by atoms with Crippen LogP contribution in [0, 0.1) is 0 Å². The molecule has 0 spiro atoms. The first-order valence-electron chi connectivity index (χ1n) is 6.31. The van der Waals surface area contributed by atoms with Gasteiger partial charge in [0.1, 0.15) is 6.61 Å². The van der Waals surface area contributed by atoms with Crippen LogP contribution in [0.4, 0.5) is 0 Å². The average Bonchev–Trinajstić information content (AvgIpc) is 3.08. The molecule has 1 aliphatic rings. The Kier molecular flexibility index (Phi) is 5.02. The lowest BCUT2D eigenvalue weighted by atomic mass is 10.2. The molecule has 3 N–H and O–H groups in total. The van der Waals surface area contributed by atoms with Gasteiger partial charge in [-0.3, -0.25) is 4.79 Å². The minimum absolute atomic E-state index is 0.0166. The van der Waals surface area contributed by atoms with Gasteiger partial charge in [-0.2, -0.15) is 4.98 Å². The van der Waals surface area contributed by atoms with E-state index in [9.17, 15) is 9.59 Å². The van der Waals surface area contributed by atoms with Crippen LogP contribution in [0.1, 0.15) is 35.4 Å². The highest BCUT2D eigenvalue weighted by molar-refractivity contribution is 5.90. The van der Waals surface area contributed by atoms with Crippen molar-refractivity contribution >= 4 is 11.9 Å². The second-order valence-corrected chi connectivity index (χ2v) is 4.31. The summed E-state index contributed by atoms with van der Waals surface area (Å²) in [5, 5.41) is 17.7. The molecule has 110 valence electrons. The van der Waals surface area contributed by atoms with Crippen LogP contribution in [-0.4, -0.2) is 53.4 Å². The highest BCUT2D eigenvalue weighted by Gasteiger charge is 2.24. The molecule has 1 aromatic heterocycles. The first kappa shape index (κ1) is 14.4. The van der Waals surface area contributed by atoms with E-state index in [-0.39, 0.29) is 25.0 Å². The fourth-order valence-corrected chi connectivity index (χ4v) is 1.84. The molecule has 0 bridgehead atoms. The van der Waals surface area contributed by atoms with Gasteiger partial charge in [-0.05, 0) is 19.4 Å². The van der Waals surface area contributed by atoms with Gasteiger partial charge in [0.15, 0.2) is 0 Å². The van der Waals surface area contributed by atoms with E-state index in [1.165, 1.54) is 0 Å². The number of hydrogen-bond acceptors (Lipinski definition) is 7. The minimum Gasteiger partial charge on any atom is -0.480 e. The highest BCUT2D eigenvalue weighted by Crippen LogP contribution is 2.20. The molecule has 20 heavy (non-hydrogen) atoms. The number of amides is 1. The SMILES string of the molecule is O=C(O)COCCNC(=O)c1noc(C2CCCN2)n1. The first-order chi connectivity index (χ1) is 9.66. The van der Waals surface area contributed by atoms with Crippen molar-refractivity contribution in [2.75, 3.05) is 26.3 Å². The number of ether oxygens (including phenoxy) is 1. The fraction of sp³-hybridized carbons (Fsp3) is 0.636. The first-order valence-corrected chi connectivity index (χ1v) is 6.31. The van der Waals surface area contributed by atoms with Gasteiger partial charge in [-0.1, -0.05) is 5.16 Å². The van der Waals surface area contributed by atoms with Crippen molar-refractivity contribution in [2.45, 2.75) is 18.9 Å². The van der Waals surface area contributed by atoms with E-state index < -0.39 is 18.5 Å². The van der Waals surface area contributed by atoms with E-state index in [0.29, 0.717) is 5.89 Å². The zero-order chi connectivity index (χ0) is 14.4. The van der Waals surface area contributed by atoms with Crippen LogP contribution in [0.2, 0.25) is 0 Å². The number of rotatable bonds is 7. The molecule has 1 aliphatic heterocycles. The summed E-state index contributed by atoms with van der Waals surface area (Å²) in [6, 6.07) is 0.0166. The van der Waals surface area contributed by atoms with E-state index in [1.807, 2.05) is 0 Å². The standard InChI is InChI=1S/C11H16N4O5/c16-8(17)6-19-5-4-13-10(18)9-14-11(20-15-9)7-2-1-3-12-7/h7,12H,1-6H2,(H,13,18)(H,16,17). The quantitative estimate of drug-likeness (QED) is 0.562. The number of aliphatic carboxylic acids is 1. The van der Waals surface area contributed by atoms with Crippen LogP contribution in [0.3, 0.4) is 0 Å². The van der Waals surface area contributed by atoms with Crippen molar-refractivity contribution < 1.29 is 24.0 Å². The summed E-state index contributed by atoms with van der Waals surface area (Å²) in [6.07, 6.45) is 1.95. The molecular formula is C11H16N4O5. The smallest absolute Gasteiger partial charge is 0.329 e. The molecular weight excluding hydrogens is 268 g/mol. The Morgan fingerprint density at radius 2 is 2.40 bits per heavy atom. The van der Waals surface area contributed by atoms with Gasteiger partial charge in [0.2, 0.25) is 5.89 Å². The summed E-state index contributed by atoms with van der Waals surface area (Å²) < 4.78 is 9.81. The number of aromatic nitrogens is 2. The van der Waals surface area contributed by atoms with E-state index in [4.69, 9.17) is 14.4 Å². The highest BCUT2D eigenvalue weighted by atomic mass is 16.5. The summed E-state index contributed by atoms with van der Waals surface area (Å²) in [7, 11) is 0. The van der Waals surface area contributed by atoms with Crippen molar-refractivity contribution in [1.82, 2.24) is 20.8 Å². The molecule has 1 fully saturated rings. The molecule has 1 atom stereocenters. The zero-order valence-electron chi connectivity index (χ0n) is 10.8. The third-order valence-electron chi connectivity index (χ3n) is 2.76. The second-order valence-electron chi connectivity index (χ2n) is 4.31. The predicted octanol–water partition coefficient (Wildman–Crippen LogP) is -0.675. The maximum atomic E-state index is 11.7. The van der Waals surface area contributed by atoms with Gasteiger partial charge in [-0.15, -0.1) is 0 Å². The maximum Gasteiger partial charge on any atom is 0.329 e. The molecule has 1 saturated heterocycles. The van der Waals surface area contributed by atoms with Crippen LogP contribution >= 0.6 is 0 Å². The third kappa shape index (κ3) is 4.00. The molecule has 9 nitrogen and oxygen atoms in total. The lowest BCUT2D eigenvalue weighted by molar-refractivity contribution is -0.142. The molecule has 0 aliphatic carbocycles. The molecule has 2 rings (SSSR count). The zero-order valence-corrected chi connectivity index (χ0v) is 10.8. The summed E-state index contributed by atoms with van der Waals surface area (Å²) in [6.45, 7) is 0.787. The molecule has 1 aromatic rings. The molecule has 1 amide bonds. The molecule has 0 aromatic carbocycles. The van der Waals surface area contributed by atoms with Gasteiger partial charge in [0, 0.05) is 6.54 Å². The molecule has 2 heterocycles. The Morgan fingerprint density at radius 1 is 1.55 bits per heavy atom. The van der Waals surface area contributed by atoms with Crippen molar-refractivity contribution in [2.24, 2.45) is 0 Å². The van der Waals surface area contributed by atoms with E-state index in [1.54, 1.807) is 0 Å². The van der Waals surface area contributed by atoms with Crippen molar-refractivity contribution in [1.29, 1.82) is 0 Å². The fourth-order valence-electron chi connectivity index (χ4n) is 1.84. The predicted molar refractivity (Wildman–Crippen MR) is 65.1 cm³/mol. The van der Waals surface area contributed by atoms with Crippen molar-refractivity contribution in [3.63, 3.8) is 0 Å². The number of nitrogens with one attached hydrogen (secondary N) is 2. The Morgan fingerprint density at radius 3 is 3.10 bits per heavy atom. The summed E-state index contributed by atoms with van der Waals surface area (Å²) in [4.78, 5) is 25.9.